The van der Waals surface area contributed by atoms with Crippen LogP contribution in [0.25, 0.3) is 0 Å². The van der Waals surface area contributed by atoms with E-state index in [9.17, 15) is 0 Å². The molecule has 1 fully saturated rings. The molecule has 0 bridgehead atoms. The maximum absolute atomic E-state index is 5.87. The van der Waals surface area contributed by atoms with Crippen molar-refractivity contribution < 1.29 is 13.9 Å². The van der Waals surface area contributed by atoms with Crippen LogP contribution in [0.5, 0.6) is 11.5 Å². The van der Waals surface area contributed by atoms with Crippen molar-refractivity contribution in [2.45, 2.75) is 39.3 Å². The van der Waals surface area contributed by atoms with Crippen LogP contribution in [0.15, 0.2) is 33.8 Å². The van der Waals surface area contributed by atoms with Crippen LogP contribution >= 0.6 is 24.0 Å². The molecule has 1 aliphatic heterocycles. The lowest BCUT2D eigenvalue weighted by Crippen LogP contribution is -2.52. The van der Waals surface area contributed by atoms with Crippen LogP contribution in [0.4, 0.5) is 0 Å². The van der Waals surface area contributed by atoms with Crippen molar-refractivity contribution in [3.05, 3.63) is 41.6 Å². The lowest BCUT2D eigenvalue weighted by atomic mass is 9.94. The summed E-state index contributed by atoms with van der Waals surface area (Å²) in [6.07, 6.45) is 1.81. The lowest BCUT2D eigenvalue weighted by molar-refractivity contribution is 0.172. The van der Waals surface area contributed by atoms with Gasteiger partial charge in [0.25, 0.3) is 0 Å². The summed E-state index contributed by atoms with van der Waals surface area (Å²) < 4.78 is 16.6. The van der Waals surface area contributed by atoms with Gasteiger partial charge < -0.3 is 24.1 Å². The Balaban J connectivity index is 0.00000363. The zero-order valence-electron chi connectivity index (χ0n) is 20.0. The smallest absolute Gasteiger partial charge is 0.213 e. The first kappa shape index (κ1) is 26.2. The van der Waals surface area contributed by atoms with Gasteiger partial charge in [-0.3, -0.25) is 9.89 Å². The standard InChI is InChI=1S/C23H35N5O3.HI/c1-23(2,3)20-14-25-21(31-20)15-26-22(24-4)28-11-9-27(10-12-28)16-17-7-8-18(29-5)19(13-17)30-6;/h7-8,13-14H,9-12,15-16H2,1-6H3,(H,24,26);1H. The number of ether oxygens (including phenoxy) is 2. The number of halogens is 1. The number of aromatic nitrogens is 1. The molecule has 0 atom stereocenters. The highest BCUT2D eigenvalue weighted by Crippen LogP contribution is 2.28. The van der Waals surface area contributed by atoms with E-state index in [2.05, 4.69) is 51.9 Å². The zero-order chi connectivity index (χ0) is 22.4. The van der Waals surface area contributed by atoms with Crippen molar-refractivity contribution in [2.24, 2.45) is 4.99 Å². The first-order valence-corrected chi connectivity index (χ1v) is 10.7. The summed E-state index contributed by atoms with van der Waals surface area (Å²) in [5.41, 5.74) is 1.17. The third-order valence-electron chi connectivity index (χ3n) is 5.43. The van der Waals surface area contributed by atoms with E-state index in [4.69, 9.17) is 13.9 Å². The largest absolute Gasteiger partial charge is 0.493 e. The molecule has 0 unspecified atom stereocenters. The Morgan fingerprint density at radius 1 is 1.12 bits per heavy atom. The fraction of sp³-hybridized carbons (Fsp3) is 0.565. The molecule has 8 nitrogen and oxygen atoms in total. The molecule has 9 heteroatoms. The van der Waals surface area contributed by atoms with Crippen LogP contribution in [-0.4, -0.2) is 68.2 Å². The molecule has 0 saturated carbocycles. The van der Waals surface area contributed by atoms with E-state index in [0.717, 1.165) is 55.9 Å². The minimum atomic E-state index is -0.0445. The lowest BCUT2D eigenvalue weighted by Gasteiger charge is -2.36. The van der Waals surface area contributed by atoms with Crippen LogP contribution < -0.4 is 14.8 Å². The number of oxazole rings is 1. The minimum absolute atomic E-state index is 0. The number of rotatable bonds is 6. The summed E-state index contributed by atoms with van der Waals surface area (Å²) in [6.45, 7) is 11.5. The van der Waals surface area contributed by atoms with Gasteiger partial charge in [-0.1, -0.05) is 26.8 Å². The number of methoxy groups -OCH3 is 2. The third kappa shape index (κ3) is 6.74. The van der Waals surface area contributed by atoms with E-state index in [0.29, 0.717) is 12.4 Å². The number of benzene rings is 1. The van der Waals surface area contributed by atoms with Gasteiger partial charge in [-0.25, -0.2) is 4.98 Å². The van der Waals surface area contributed by atoms with Gasteiger partial charge in [-0.15, -0.1) is 24.0 Å². The zero-order valence-corrected chi connectivity index (χ0v) is 22.3. The van der Waals surface area contributed by atoms with Gasteiger partial charge in [0.15, 0.2) is 17.5 Å². The van der Waals surface area contributed by atoms with E-state index >= 15 is 0 Å². The van der Waals surface area contributed by atoms with E-state index in [1.54, 1.807) is 14.2 Å². The third-order valence-corrected chi connectivity index (χ3v) is 5.43. The molecule has 0 radical (unpaired) electrons. The van der Waals surface area contributed by atoms with E-state index < -0.39 is 0 Å². The summed E-state index contributed by atoms with van der Waals surface area (Å²) in [4.78, 5) is 13.6. The molecular weight excluding hydrogens is 521 g/mol. The Morgan fingerprint density at radius 2 is 1.81 bits per heavy atom. The molecule has 1 saturated heterocycles. The molecule has 2 aromatic rings. The monoisotopic (exact) mass is 557 g/mol. The molecule has 1 aliphatic rings. The topological polar surface area (TPSA) is 75.4 Å². The molecule has 178 valence electrons. The number of guanidine groups is 1. The van der Waals surface area contributed by atoms with Crippen LogP contribution in [-0.2, 0) is 18.5 Å². The molecule has 0 spiro atoms. The molecule has 1 N–H and O–H groups in total. The Bertz CT molecular complexity index is 886. The maximum Gasteiger partial charge on any atom is 0.213 e. The average Bonchev–Trinajstić information content (AvgIpc) is 3.25. The van der Waals surface area contributed by atoms with Crippen molar-refractivity contribution in [2.75, 3.05) is 47.4 Å². The highest BCUT2D eigenvalue weighted by atomic mass is 127. The SMILES string of the molecule is CN=C(NCc1ncc(C(C)(C)C)o1)N1CCN(Cc2ccc(OC)c(OC)c2)CC1.I. The van der Waals surface area contributed by atoms with Crippen LogP contribution in [0.3, 0.4) is 0 Å². The highest BCUT2D eigenvalue weighted by Gasteiger charge is 2.22. The van der Waals surface area contributed by atoms with Crippen LogP contribution in [0, 0.1) is 0 Å². The number of hydrogen-bond donors (Lipinski definition) is 1. The highest BCUT2D eigenvalue weighted by molar-refractivity contribution is 14.0. The number of aliphatic imine (C=N–C) groups is 1. The Labute approximate surface area is 208 Å². The van der Waals surface area contributed by atoms with Crippen molar-refractivity contribution in [1.82, 2.24) is 20.1 Å². The number of piperazine rings is 1. The average molecular weight is 557 g/mol. The molecule has 2 heterocycles. The van der Waals surface area contributed by atoms with Crippen LogP contribution in [0.2, 0.25) is 0 Å². The second-order valence-electron chi connectivity index (χ2n) is 8.72. The van der Waals surface area contributed by atoms with Gasteiger partial charge in [0.1, 0.15) is 5.76 Å². The summed E-state index contributed by atoms with van der Waals surface area (Å²) >= 11 is 0. The number of nitrogens with one attached hydrogen (secondary N) is 1. The summed E-state index contributed by atoms with van der Waals surface area (Å²) in [5, 5.41) is 3.38. The predicted octanol–water partition coefficient (Wildman–Crippen LogP) is 3.50. The Hall–Kier alpha value is -2.01. The second-order valence-corrected chi connectivity index (χ2v) is 8.72. The van der Waals surface area contributed by atoms with Crippen molar-refractivity contribution in [3.63, 3.8) is 0 Å². The van der Waals surface area contributed by atoms with Crippen LogP contribution in [0.1, 0.15) is 38.0 Å². The molecular formula is C23H36IN5O3. The Kier molecular flexibility index (Phi) is 9.63. The maximum atomic E-state index is 5.87. The second kappa shape index (κ2) is 11.7. The fourth-order valence-electron chi connectivity index (χ4n) is 3.58. The van der Waals surface area contributed by atoms with Crippen molar-refractivity contribution >= 4 is 29.9 Å². The summed E-state index contributed by atoms with van der Waals surface area (Å²) in [6, 6.07) is 6.11. The van der Waals surface area contributed by atoms with E-state index in [-0.39, 0.29) is 29.4 Å². The summed E-state index contributed by atoms with van der Waals surface area (Å²) in [7, 11) is 5.14. The molecule has 1 aromatic carbocycles. The first-order valence-electron chi connectivity index (χ1n) is 10.7. The molecule has 1 aromatic heterocycles. The first-order chi connectivity index (χ1) is 14.8. The molecule has 32 heavy (non-hydrogen) atoms. The molecule has 3 rings (SSSR count). The summed E-state index contributed by atoms with van der Waals surface area (Å²) in [5.74, 6) is 3.97. The minimum Gasteiger partial charge on any atom is -0.493 e. The van der Waals surface area contributed by atoms with Gasteiger partial charge in [-0.05, 0) is 17.7 Å². The Morgan fingerprint density at radius 3 is 2.38 bits per heavy atom. The normalized spacial score (nSPS) is 15.3. The van der Waals surface area contributed by atoms with Gasteiger partial charge in [0.05, 0.1) is 27.0 Å². The van der Waals surface area contributed by atoms with Crippen molar-refractivity contribution in [3.8, 4) is 11.5 Å². The van der Waals surface area contributed by atoms with Gasteiger partial charge in [-0.2, -0.15) is 0 Å². The molecule has 0 aliphatic carbocycles. The van der Waals surface area contributed by atoms with Crippen molar-refractivity contribution in [1.29, 1.82) is 0 Å². The quantitative estimate of drug-likeness (QED) is 0.331. The van der Waals surface area contributed by atoms with E-state index in [1.807, 2.05) is 25.4 Å². The number of hydrogen-bond acceptors (Lipinski definition) is 6. The van der Waals surface area contributed by atoms with Gasteiger partial charge in [0.2, 0.25) is 5.89 Å². The molecule has 0 amide bonds. The van der Waals surface area contributed by atoms with Gasteiger partial charge >= 0.3 is 0 Å². The van der Waals surface area contributed by atoms with Gasteiger partial charge in [0, 0.05) is 45.2 Å². The van der Waals surface area contributed by atoms with E-state index in [1.165, 1.54) is 5.56 Å². The fourth-order valence-corrected chi connectivity index (χ4v) is 3.58. The number of nitrogens with zero attached hydrogens (tertiary/aromatic N) is 4. The predicted molar refractivity (Wildman–Crippen MR) is 137 cm³/mol.